The molecule has 0 unspecified atom stereocenters. The number of rotatable bonds is 5. The summed E-state index contributed by atoms with van der Waals surface area (Å²) < 4.78 is 16.7. The Morgan fingerprint density at radius 1 is 1.11 bits per heavy atom. The number of aromatic nitrogens is 1. The van der Waals surface area contributed by atoms with Gasteiger partial charge in [-0.1, -0.05) is 47.1 Å². The monoisotopic (exact) mass is 378 g/mol. The van der Waals surface area contributed by atoms with E-state index in [2.05, 4.69) is 5.16 Å². The van der Waals surface area contributed by atoms with Gasteiger partial charge in [0.05, 0.1) is 0 Å². The van der Waals surface area contributed by atoms with Crippen molar-refractivity contribution >= 4 is 5.91 Å². The number of aryl methyl sites for hydroxylation is 1. The molecular weight excluding hydrogens is 356 g/mol. The van der Waals surface area contributed by atoms with Crippen LogP contribution < -0.4 is 9.47 Å². The molecule has 6 heteroatoms. The van der Waals surface area contributed by atoms with E-state index in [-0.39, 0.29) is 11.7 Å². The maximum atomic E-state index is 13.0. The maximum absolute atomic E-state index is 13.0. The summed E-state index contributed by atoms with van der Waals surface area (Å²) in [6.45, 7) is 5.94. The van der Waals surface area contributed by atoms with E-state index < -0.39 is 0 Å². The Labute approximate surface area is 163 Å². The molecule has 0 aliphatic carbocycles. The summed E-state index contributed by atoms with van der Waals surface area (Å²) in [5, 5.41) is 4.06. The van der Waals surface area contributed by atoms with Crippen LogP contribution in [0.25, 0.3) is 11.3 Å². The number of nitrogens with zero attached hydrogens (tertiary/aromatic N) is 2. The Morgan fingerprint density at radius 3 is 2.68 bits per heavy atom. The summed E-state index contributed by atoms with van der Waals surface area (Å²) in [7, 11) is 0. The van der Waals surface area contributed by atoms with Gasteiger partial charge in [-0.25, -0.2) is 0 Å². The second-order valence-corrected chi connectivity index (χ2v) is 6.70. The Kier molecular flexibility index (Phi) is 5.02. The van der Waals surface area contributed by atoms with Gasteiger partial charge in [-0.3, -0.25) is 4.79 Å². The topological polar surface area (TPSA) is 64.8 Å². The Bertz CT molecular complexity index is 978. The molecule has 1 amide bonds. The molecule has 6 nitrogen and oxygen atoms in total. The molecule has 144 valence electrons. The number of hydrogen-bond acceptors (Lipinski definition) is 5. The molecule has 0 saturated carbocycles. The SMILES string of the molecule is CCN(Cc1cccc2c1OCCO2)C(=O)c1cc(-c2ccc(C)cc2)no1. The first-order valence-electron chi connectivity index (χ1n) is 9.36. The van der Waals surface area contributed by atoms with Crippen molar-refractivity contribution in [3.63, 3.8) is 0 Å². The van der Waals surface area contributed by atoms with Gasteiger partial charge in [0.1, 0.15) is 18.9 Å². The van der Waals surface area contributed by atoms with Crippen molar-refractivity contribution in [2.75, 3.05) is 19.8 Å². The highest BCUT2D eigenvalue weighted by atomic mass is 16.6. The Balaban J connectivity index is 1.54. The summed E-state index contributed by atoms with van der Waals surface area (Å²) in [6.07, 6.45) is 0. The molecule has 2 aromatic carbocycles. The molecule has 0 atom stereocenters. The smallest absolute Gasteiger partial charge is 0.292 e. The van der Waals surface area contributed by atoms with Gasteiger partial charge in [0, 0.05) is 30.3 Å². The van der Waals surface area contributed by atoms with Crippen LogP contribution in [-0.4, -0.2) is 35.7 Å². The van der Waals surface area contributed by atoms with Crippen molar-refractivity contribution in [2.45, 2.75) is 20.4 Å². The second-order valence-electron chi connectivity index (χ2n) is 6.70. The van der Waals surface area contributed by atoms with Crippen molar-refractivity contribution in [3.05, 3.63) is 65.4 Å². The summed E-state index contributed by atoms with van der Waals surface area (Å²) in [5.74, 6) is 1.44. The van der Waals surface area contributed by atoms with Crippen LogP contribution in [0.4, 0.5) is 0 Å². The summed E-state index contributed by atoms with van der Waals surface area (Å²) >= 11 is 0. The predicted molar refractivity (Wildman–Crippen MR) is 105 cm³/mol. The number of carbonyl (C=O) groups excluding carboxylic acids is 1. The van der Waals surface area contributed by atoms with E-state index in [4.69, 9.17) is 14.0 Å². The third-order valence-corrected chi connectivity index (χ3v) is 4.75. The van der Waals surface area contributed by atoms with E-state index >= 15 is 0 Å². The number of amides is 1. The van der Waals surface area contributed by atoms with Gasteiger partial charge < -0.3 is 18.9 Å². The molecule has 0 saturated heterocycles. The minimum Gasteiger partial charge on any atom is -0.486 e. The highest BCUT2D eigenvalue weighted by Crippen LogP contribution is 2.34. The van der Waals surface area contributed by atoms with Gasteiger partial charge >= 0.3 is 0 Å². The van der Waals surface area contributed by atoms with E-state index in [0.29, 0.717) is 43.5 Å². The predicted octanol–water partition coefficient (Wildman–Crippen LogP) is 4.08. The molecule has 4 rings (SSSR count). The third kappa shape index (κ3) is 3.58. The molecular formula is C22H22N2O4. The van der Waals surface area contributed by atoms with E-state index in [1.54, 1.807) is 11.0 Å². The molecule has 1 aliphatic heterocycles. The average molecular weight is 378 g/mol. The lowest BCUT2D eigenvalue weighted by Gasteiger charge is -2.24. The zero-order chi connectivity index (χ0) is 19.5. The lowest BCUT2D eigenvalue weighted by Crippen LogP contribution is -2.30. The van der Waals surface area contributed by atoms with E-state index in [1.807, 2.05) is 56.3 Å². The minimum absolute atomic E-state index is 0.206. The van der Waals surface area contributed by atoms with Crippen LogP contribution in [-0.2, 0) is 6.54 Å². The number of fused-ring (bicyclic) bond motifs is 1. The highest BCUT2D eigenvalue weighted by molar-refractivity contribution is 5.92. The van der Waals surface area contributed by atoms with E-state index in [9.17, 15) is 4.79 Å². The Hall–Kier alpha value is -3.28. The van der Waals surface area contributed by atoms with Gasteiger partial charge in [-0.15, -0.1) is 0 Å². The van der Waals surface area contributed by atoms with E-state index in [1.165, 1.54) is 0 Å². The van der Waals surface area contributed by atoms with Crippen LogP contribution in [0, 0.1) is 6.92 Å². The fraction of sp³-hybridized carbons (Fsp3) is 0.273. The fourth-order valence-electron chi connectivity index (χ4n) is 3.18. The number of benzene rings is 2. The number of ether oxygens (including phenoxy) is 2. The molecule has 0 fully saturated rings. The average Bonchev–Trinajstić information content (AvgIpc) is 3.22. The molecule has 1 aromatic heterocycles. The minimum atomic E-state index is -0.206. The maximum Gasteiger partial charge on any atom is 0.292 e. The normalized spacial score (nSPS) is 12.6. The van der Waals surface area contributed by atoms with Crippen molar-refractivity contribution in [1.29, 1.82) is 0 Å². The second kappa shape index (κ2) is 7.76. The molecule has 0 N–H and O–H groups in total. The first-order valence-corrected chi connectivity index (χ1v) is 9.36. The van der Waals surface area contributed by atoms with Gasteiger partial charge in [0.15, 0.2) is 11.5 Å². The first-order chi connectivity index (χ1) is 13.7. The lowest BCUT2D eigenvalue weighted by molar-refractivity contribution is 0.0707. The van der Waals surface area contributed by atoms with Gasteiger partial charge in [-0.2, -0.15) is 0 Å². The zero-order valence-corrected chi connectivity index (χ0v) is 16.0. The number of para-hydroxylation sites is 1. The summed E-state index contributed by atoms with van der Waals surface area (Å²) in [6, 6.07) is 15.4. The van der Waals surface area contributed by atoms with Crippen LogP contribution in [0.5, 0.6) is 11.5 Å². The van der Waals surface area contributed by atoms with E-state index in [0.717, 1.165) is 16.7 Å². The highest BCUT2D eigenvalue weighted by Gasteiger charge is 2.23. The van der Waals surface area contributed by atoms with Crippen LogP contribution in [0.1, 0.15) is 28.6 Å². The molecule has 2 heterocycles. The fourth-order valence-corrected chi connectivity index (χ4v) is 3.18. The van der Waals surface area contributed by atoms with Crippen LogP contribution in [0.15, 0.2) is 53.1 Å². The zero-order valence-electron chi connectivity index (χ0n) is 16.0. The van der Waals surface area contributed by atoms with Gasteiger partial charge in [-0.05, 0) is 19.9 Å². The van der Waals surface area contributed by atoms with Crippen molar-refractivity contribution in [2.24, 2.45) is 0 Å². The number of hydrogen-bond donors (Lipinski definition) is 0. The van der Waals surface area contributed by atoms with Crippen LogP contribution in [0.3, 0.4) is 0 Å². The first kappa shape index (κ1) is 18.1. The molecule has 0 spiro atoms. The molecule has 1 aliphatic rings. The molecule has 3 aromatic rings. The summed E-state index contributed by atoms with van der Waals surface area (Å²) in [5.41, 5.74) is 3.64. The van der Waals surface area contributed by atoms with Crippen LogP contribution >= 0.6 is 0 Å². The Morgan fingerprint density at radius 2 is 1.89 bits per heavy atom. The quantitative estimate of drug-likeness (QED) is 0.669. The summed E-state index contributed by atoms with van der Waals surface area (Å²) in [4.78, 5) is 14.7. The van der Waals surface area contributed by atoms with Crippen LogP contribution in [0.2, 0.25) is 0 Å². The molecule has 0 radical (unpaired) electrons. The molecule has 28 heavy (non-hydrogen) atoms. The van der Waals surface area contributed by atoms with Gasteiger partial charge in [0.2, 0.25) is 5.76 Å². The standard InChI is InChI=1S/C22H22N2O4/c1-3-24(14-17-5-4-6-19-21(17)27-12-11-26-19)22(25)20-13-18(23-28-20)16-9-7-15(2)8-10-16/h4-10,13H,3,11-12,14H2,1-2H3. The van der Waals surface area contributed by atoms with Crippen molar-refractivity contribution < 1.29 is 18.8 Å². The van der Waals surface area contributed by atoms with Crippen molar-refractivity contribution in [1.82, 2.24) is 10.1 Å². The third-order valence-electron chi connectivity index (χ3n) is 4.75. The number of carbonyl (C=O) groups is 1. The van der Waals surface area contributed by atoms with Crippen molar-refractivity contribution in [3.8, 4) is 22.8 Å². The lowest BCUT2D eigenvalue weighted by atomic mass is 10.1. The van der Waals surface area contributed by atoms with Gasteiger partial charge in [0.25, 0.3) is 5.91 Å². The largest absolute Gasteiger partial charge is 0.486 e. The molecule has 0 bridgehead atoms.